The lowest BCUT2D eigenvalue weighted by atomic mass is 9.90. The molecule has 3 heteroatoms. The maximum absolute atomic E-state index is 11.1. The van der Waals surface area contributed by atoms with Crippen LogP contribution in [0, 0.1) is 0 Å². The van der Waals surface area contributed by atoms with Crippen molar-refractivity contribution < 1.29 is 14.6 Å². The SMILES string of the molecule is CC(O)C1(C=C2CCCCC2)OC1=O. The normalized spacial score (nSPS) is 33.6. The van der Waals surface area contributed by atoms with Crippen molar-refractivity contribution in [3.63, 3.8) is 0 Å². The molecule has 2 fully saturated rings. The number of allylic oxidation sites excluding steroid dienone is 1. The van der Waals surface area contributed by atoms with Gasteiger partial charge >= 0.3 is 5.97 Å². The third-order valence-corrected chi connectivity index (χ3v) is 3.07. The van der Waals surface area contributed by atoms with Gasteiger partial charge in [0.15, 0.2) is 0 Å². The van der Waals surface area contributed by atoms with Crippen LogP contribution in [0.25, 0.3) is 0 Å². The molecule has 0 amide bonds. The summed E-state index contributed by atoms with van der Waals surface area (Å²) in [6, 6.07) is 0. The number of hydrogen-bond acceptors (Lipinski definition) is 3. The largest absolute Gasteiger partial charge is 0.437 e. The van der Waals surface area contributed by atoms with Crippen molar-refractivity contribution in [3.8, 4) is 0 Å². The minimum atomic E-state index is -0.979. The number of carbonyl (C=O) groups excluding carboxylic acids is 1. The van der Waals surface area contributed by atoms with E-state index in [1.54, 1.807) is 6.92 Å². The van der Waals surface area contributed by atoms with Crippen molar-refractivity contribution in [3.05, 3.63) is 11.6 Å². The quantitative estimate of drug-likeness (QED) is 0.538. The third kappa shape index (κ3) is 1.57. The van der Waals surface area contributed by atoms with Crippen molar-refractivity contribution in [2.45, 2.75) is 50.7 Å². The average molecular weight is 196 g/mol. The zero-order valence-corrected chi connectivity index (χ0v) is 8.45. The second kappa shape index (κ2) is 3.39. The molecule has 2 aliphatic rings. The van der Waals surface area contributed by atoms with Crippen LogP contribution in [0.1, 0.15) is 39.0 Å². The highest BCUT2D eigenvalue weighted by atomic mass is 16.7. The average Bonchev–Trinajstić information content (AvgIpc) is 2.80. The topological polar surface area (TPSA) is 49.8 Å². The predicted octanol–water partition coefficient (Wildman–Crippen LogP) is 1.55. The highest BCUT2D eigenvalue weighted by Gasteiger charge is 2.60. The standard InChI is InChI=1S/C11H16O3/c1-8(12)11(10(13)14-11)7-9-5-3-2-4-6-9/h7-8,12H,2-6H2,1H3. The van der Waals surface area contributed by atoms with Crippen LogP contribution in [0.5, 0.6) is 0 Å². The molecule has 1 heterocycles. The molecule has 1 aliphatic heterocycles. The van der Waals surface area contributed by atoms with Gasteiger partial charge in [-0.3, -0.25) is 0 Å². The van der Waals surface area contributed by atoms with Crippen LogP contribution in [-0.2, 0) is 9.53 Å². The molecule has 0 aromatic carbocycles. The van der Waals surface area contributed by atoms with Crippen molar-refractivity contribution in [1.29, 1.82) is 0 Å². The van der Waals surface area contributed by atoms with E-state index in [1.807, 2.05) is 6.08 Å². The van der Waals surface area contributed by atoms with E-state index in [2.05, 4.69) is 0 Å². The fraction of sp³-hybridized carbons (Fsp3) is 0.727. The molecule has 3 nitrogen and oxygen atoms in total. The molecule has 1 saturated carbocycles. The number of ether oxygens (including phenoxy) is 1. The van der Waals surface area contributed by atoms with Gasteiger partial charge in [0, 0.05) is 0 Å². The molecular weight excluding hydrogens is 180 g/mol. The lowest BCUT2D eigenvalue weighted by Crippen LogP contribution is -2.26. The van der Waals surface area contributed by atoms with E-state index in [4.69, 9.17) is 4.74 Å². The Morgan fingerprint density at radius 3 is 2.43 bits per heavy atom. The second-order valence-electron chi connectivity index (χ2n) is 4.22. The van der Waals surface area contributed by atoms with Crippen LogP contribution in [0.3, 0.4) is 0 Å². The smallest absolute Gasteiger partial charge is 0.359 e. The lowest BCUT2D eigenvalue weighted by Gasteiger charge is -2.15. The lowest BCUT2D eigenvalue weighted by molar-refractivity contribution is -0.117. The van der Waals surface area contributed by atoms with Gasteiger partial charge in [0.2, 0.25) is 0 Å². The minimum absolute atomic E-state index is 0.287. The number of epoxide rings is 1. The fourth-order valence-corrected chi connectivity index (χ4v) is 2.05. The summed E-state index contributed by atoms with van der Waals surface area (Å²) in [6.07, 6.45) is 6.86. The van der Waals surface area contributed by atoms with Crippen LogP contribution in [0.4, 0.5) is 0 Å². The van der Waals surface area contributed by atoms with Crippen LogP contribution >= 0.6 is 0 Å². The van der Waals surface area contributed by atoms with Crippen LogP contribution < -0.4 is 0 Å². The van der Waals surface area contributed by atoms with E-state index in [-0.39, 0.29) is 5.97 Å². The van der Waals surface area contributed by atoms with Gasteiger partial charge in [-0.1, -0.05) is 12.0 Å². The molecule has 14 heavy (non-hydrogen) atoms. The van der Waals surface area contributed by atoms with Gasteiger partial charge in [0.1, 0.15) is 6.10 Å². The van der Waals surface area contributed by atoms with Crippen molar-refractivity contribution in [2.75, 3.05) is 0 Å². The molecule has 1 N–H and O–H groups in total. The van der Waals surface area contributed by atoms with Crippen molar-refractivity contribution in [2.24, 2.45) is 0 Å². The molecule has 1 aliphatic carbocycles. The van der Waals surface area contributed by atoms with Crippen molar-refractivity contribution in [1.82, 2.24) is 0 Å². The molecule has 0 aromatic rings. The number of rotatable bonds is 2. The van der Waals surface area contributed by atoms with Gasteiger partial charge in [-0.05, 0) is 38.7 Å². The van der Waals surface area contributed by atoms with Crippen LogP contribution in [-0.4, -0.2) is 22.8 Å². The third-order valence-electron chi connectivity index (χ3n) is 3.07. The molecule has 0 bridgehead atoms. The Kier molecular flexibility index (Phi) is 2.35. The second-order valence-corrected chi connectivity index (χ2v) is 4.22. The van der Waals surface area contributed by atoms with Gasteiger partial charge in [-0.25, -0.2) is 4.79 Å². The summed E-state index contributed by atoms with van der Waals surface area (Å²) in [6.45, 7) is 1.60. The fourth-order valence-electron chi connectivity index (χ4n) is 2.05. The molecule has 1 saturated heterocycles. The number of aliphatic hydroxyl groups excluding tert-OH is 1. The molecule has 2 atom stereocenters. The van der Waals surface area contributed by atoms with E-state index < -0.39 is 11.7 Å². The van der Waals surface area contributed by atoms with E-state index in [1.165, 1.54) is 24.8 Å². The first-order chi connectivity index (χ1) is 6.65. The Labute approximate surface area is 83.8 Å². The summed E-state index contributed by atoms with van der Waals surface area (Å²) in [4.78, 5) is 11.1. The van der Waals surface area contributed by atoms with Gasteiger partial charge < -0.3 is 9.84 Å². The summed E-state index contributed by atoms with van der Waals surface area (Å²) in [7, 11) is 0. The molecule has 78 valence electrons. The zero-order chi connectivity index (χ0) is 10.2. The maximum Gasteiger partial charge on any atom is 0.359 e. The summed E-state index contributed by atoms with van der Waals surface area (Å²) in [5.74, 6) is -0.287. The van der Waals surface area contributed by atoms with E-state index in [9.17, 15) is 9.90 Å². The molecule has 0 aromatic heterocycles. The van der Waals surface area contributed by atoms with Crippen LogP contribution in [0.15, 0.2) is 11.6 Å². The van der Waals surface area contributed by atoms with Gasteiger partial charge in [-0.2, -0.15) is 0 Å². The zero-order valence-electron chi connectivity index (χ0n) is 8.45. The Balaban J connectivity index is 2.10. The number of carbonyl (C=O) groups is 1. The molecule has 2 rings (SSSR count). The maximum atomic E-state index is 11.1. The first kappa shape index (κ1) is 9.71. The predicted molar refractivity (Wildman–Crippen MR) is 51.7 cm³/mol. The number of hydrogen-bond donors (Lipinski definition) is 1. The van der Waals surface area contributed by atoms with Crippen LogP contribution in [0.2, 0.25) is 0 Å². The van der Waals surface area contributed by atoms with E-state index >= 15 is 0 Å². The summed E-state index contributed by atoms with van der Waals surface area (Å²) >= 11 is 0. The Morgan fingerprint density at radius 2 is 2.00 bits per heavy atom. The Morgan fingerprint density at radius 1 is 1.43 bits per heavy atom. The monoisotopic (exact) mass is 196 g/mol. The first-order valence-electron chi connectivity index (χ1n) is 5.27. The summed E-state index contributed by atoms with van der Waals surface area (Å²) < 4.78 is 4.90. The Hall–Kier alpha value is -0.830. The first-order valence-corrected chi connectivity index (χ1v) is 5.27. The number of aliphatic hydroxyl groups is 1. The van der Waals surface area contributed by atoms with E-state index in [0.717, 1.165) is 12.8 Å². The van der Waals surface area contributed by atoms with Gasteiger partial charge in [-0.15, -0.1) is 0 Å². The molecular formula is C11H16O3. The van der Waals surface area contributed by atoms with Gasteiger partial charge in [0.25, 0.3) is 5.60 Å². The van der Waals surface area contributed by atoms with E-state index in [0.29, 0.717) is 0 Å². The summed E-state index contributed by atoms with van der Waals surface area (Å²) in [5, 5.41) is 9.45. The number of cyclic esters (lactones) is 1. The molecule has 0 radical (unpaired) electrons. The minimum Gasteiger partial charge on any atom is -0.437 e. The Bertz CT molecular complexity index is 272. The van der Waals surface area contributed by atoms with Gasteiger partial charge in [0.05, 0.1) is 0 Å². The molecule has 2 unspecified atom stereocenters. The highest BCUT2D eigenvalue weighted by molar-refractivity contribution is 5.96. The summed E-state index contributed by atoms with van der Waals surface area (Å²) in [5.41, 5.74) is 0.287. The molecule has 0 spiro atoms. The van der Waals surface area contributed by atoms with Crippen molar-refractivity contribution >= 4 is 5.97 Å². The highest BCUT2D eigenvalue weighted by Crippen LogP contribution is 2.38.